The minimum atomic E-state index is -0.828. The summed E-state index contributed by atoms with van der Waals surface area (Å²) >= 11 is 0. The van der Waals surface area contributed by atoms with Gasteiger partial charge in [-0.15, -0.1) is 0 Å². The zero-order valence-corrected chi connectivity index (χ0v) is 13.0. The van der Waals surface area contributed by atoms with Crippen molar-refractivity contribution < 1.29 is 4.79 Å². The second-order valence-corrected chi connectivity index (χ2v) is 5.92. The molecular formula is C16H24N4O. The summed E-state index contributed by atoms with van der Waals surface area (Å²) in [5, 5.41) is 16.8. The maximum Gasteiger partial charge on any atom is 0.240 e. The Kier molecular flexibility index (Phi) is 5.00. The summed E-state index contributed by atoms with van der Waals surface area (Å²) in [6.45, 7) is 2.51. The molecular weight excluding hydrogens is 264 g/mol. The van der Waals surface area contributed by atoms with Gasteiger partial charge in [0.25, 0.3) is 0 Å². The minimum Gasteiger partial charge on any atom is -0.351 e. The van der Waals surface area contributed by atoms with E-state index in [9.17, 15) is 10.1 Å². The van der Waals surface area contributed by atoms with Crippen LogP contribution in [0.1, 0.15) is 56.7 Å². The van der Waals surface area contributed by atoms with Gasteiger partial charge in [-0.1, -0.05) is 32.6 Å². The Morgan fingerprint density at radius 1 is 1.43 bits per heavy atom. The van der Waals surface area contributed by atoms with Crippen molar-refractivity contribution in [1.29, 1.82) is 5.26 Å². The van der Waals surface area contributed by atoms with Crippen molar-refractivity contribution >= 4 is 5.91 Å². The van der Waals surface area contributed by atoms with Gasteiger partial charge in [-0.3, -0.25) is 9.48 Å². The molecule has 21 heavy (non-hydrogen) atoms. The summed E-state index contributed by atoms with van der Waals surface area (Å²) in [6.07, 6.45) is 8.33. The molecule has 1 aliphatic rings. The third-order valence-electron chi connectivity index (χ3n) is 4.37. The van der Waals surface area contributed by atoms with Crippen LogP contribution in [-0.4, -0.2) is 15.7 Å². The predicted molar refractivity (Wildman–Crippen MR) is 80.2 cm³/mol. The summed E-state index contributed by atoms with van der Waals surface area (Å²) in [7, 11) is 1.88. The Hall–Kier alpha value is -1.83. The van der Waals surface area contributed by atoms with E-state index in [1.54, 1.807) is 4.68 Å². The van der Waals surface area contributed by atoms with Gasteiger partial charge in [0.1, 0.15) is 5.41 Å². The van der Waals surface area contributed by atoms with Crippen LogP contribution < -0.4 is 5.32 Å². The van der Waals surface area contributed by atoms with Gasteiger partial charge in [-0.05, 0) is 19.3 Å². The molecule has 0 unspecified atom stereocenters. The first-order chi connectivity index (χ1) is 10.1. The molecule has 0 aliphatic heterocycles. The Bertz CT molecular complexity index is 533. The molecule has 1 fully saturated rings. The lowest BCUT2D eigenvalue weighted by Gasteiger charge is -2.23. The Morgan fingerprint density at radius 3 is 2.67 bits per heavy atom. The van der Waals surface area contributed by atoms with Gasteiger partial charge >= 0.3 is 0 Å². The van der Waals surface area contributed by atoms with Crippen molar-refractivity contribution in [2.75, 3.05) is 0 Å². The van der Waals surface area contributed by atoms with E-state index in [2.05, 4.69) is 23.4 Å². The molecule has 0 spiro atoms. The zero-order valence-electron chi connectivity index (χ0n) is 13.0. The van der Waals surface area contributed by atoms with Crippen LogP contribution in [0.3, 0.4) is 0 Å². The maximum absolute atomic E-state index is 12.5. The summed E-state index contributed by atoms with van der Waals surface area (Å²) in [4.78, 5) is 12.5. The van der Waals surface area contributed by atoms with Crippen LogP contribution in [0.15, 0.2) is 6.20 Å². The largest absolute Gasteiger partial charge is 0.351 e. The van der Waals surface area contributed by atoms with E-state index >= 15 is 0 Å². The topological polar surface area (TPSA) is 70.7 Å². The number of carbonyl (C=O) groups is 1. The minimum absolute atomic E-state index is 0.113. The normalized spacial score (nSPS) is 17.8. The van der Waals surface area contributed by atoms with E-state index in [1.807, 2.05) is 13.2 Å². The standard InChI is InChI=1S/C16H24N4O/c1-3-14-13(11-20(2)19-14)10-18-15(21)16(12-17)8-6-4-5-7-9-16/h11H,3-10H2,1-2H3,(H,18,21). The molecule has 114 valence electrons. The van der Waals surface area contributed by atoms with Crippen molar-refractivity contribution in [2.24, 2.45) is 12.5 Å². The molecule has 0 radical (unpaired) electrons. The fourth-order valence-electron chi connectivity index (χ4n) is 3.10. The highest BCUT2D eigenvalue weighted by Crippen LogP contribution is 2.34. The van der Waals surface area contributed by atoms with Crippen LogP contribution in [0.5, 0.6) is 0 Å². The lowest BCUT2D eigenvalue weighted by molar-refractivity contribution is -0.129. The molecule has 1 amide bonds. The number of carbonyl (C=O) groups excluding carboxylic acids is 1. The zero-order chi connectivity index (χ0) is 15.3. The monoisotopic (exact) mass is 288 g/mol. The van der Waals surface area contributed by atoms with Gasteiger partial charge in [0, 0.05) is 25.4 Å². The molecule has 2 rings (SSSR count). The summed E-state index contributed by atoms with van der Waals surface area (Å²) < 4.78 is 1.77. The van der Waals surface area contributed by atoms with E-state index in [0.29, 0.717) is 19.4 Å². The average Bonchev–Trinajstić information content (AvgIpc) is 2.70. The molecule has 1 aromatic rings. The molecule has 1 aromatic heterocycles. The Morgan fingerprint density at radius 2 is 2.10 bits per heavy atom. The summed E-state index contributed by atoms with van der Waals surface area (Å²) in [5.41, 5.74) is 1.21. The van der Waals surface area contributed by atoms with Crippen LogP contribution in [-0.2, 0) is 24.8 Å². The van der Waals surface area contributed by atoms with E-state index in [4.69, 9.17) is 0 Å². The van der Waals surface area contributed by atoms with E-state index in [0.717, 1.165) is 43.4 Å². The molecule has 0 saturated heterocycles. The Balaban J connectivity index is 2.04. The van der Waals surface area contributed by atoms with Crippen molar-refractivity contribution in [3.63, 3.8) is 0 Å². The number of rotatable bonds is 4. The number of nitrogens with one attached hydrogen (secondary N) is 1. The molecule has 5 heteroatoms. The number of hydrogen-bond acceptors (Lipinski definition) is 3. The van der Waals surface area contributed by atoms with Gasteiger partial charge in [-0.2, -0.15) is 10.4 Å². The number of hydrogen-bond donors (Lipinski definition) is 1. The summed E-state index contributed by atoms with van der Waals surface area (Å²) in [6, 6.07) is 2.29. The van der Waals surface area contributed by atoms with Gasteiger partial charge < -0.3 is 5.32 Å². The molecule has 0 atom stereocenters. The fraction of sp³-hybridized carbons (Fsp3) is 0.688. The SMILES string of the molecule is CCc1nn(C)cc1CNC(=O)C1(C#N)CCCCCC1. The second-order valence-electron chi connectivity index (χ2n) is 5.92. The first-order valence-electron chi connectivity index (χ1n) is 7.82. The first kappa shape index (κ1) is 15.6. The van der Waals surface area contributed by atoms with Crippen LogP contribution >= 0.6 is 0 Å². The van der Waals surface area contributed by atoms with Crippen molar-refractivity contribution in [1.82, 2.24) is 15.1 Å². The fourth-order valence-corrected chi connectivity index (χ4v) is 3.10. The molecule has 0 aromatic carbocycles. The number of aryl methyl sites for hydroxylation is 2. The highest BCUT2D eigenvalue weighted by atomic mass is 16.2. The number of nitrogens with zero attached hydrogens (tertiary/aromatic N) is 3. The highest BCUT2D eigenvalue weighted by molar-refractivity contribution is 5.85. The van der Waals surface area contributed by atoms with E-state index in [-0.39, 0.29) is 5.91 Å². The summed E-state index contributed by atoms with van der Waals surface area (Å²) in [5.74, 6) is -0.113. The third kappa shape index (κ3) is 3.44. The average molecular weight is 288 g/mol. The van der Waals surface area contributed by atoms with Crippen LogP contribution in [0.25, 0.3) is 0 Å². The smallest absolute Gasteiger partial charge is 0.240 e. The van der Waals surface area contributed by atoms with Crippen molar-refractivity contribution in [3.05, 3.63) is 17.5 Å². The van der Waals surface area contributed by atoms with Crippen molar-refractivity contribution in [2.45, 2.75) is 58.4 Å². The highest BCUT2D eigenvalue weighted by Gasteiger charge is 2.38. The quantitative estimate of drug-likeness (QED) is 0.865. The molecule has 1 saturated carbocycles. The third-order valence-corrected chi connectivity index (χ3v) is 4.37. The van der Waals surface area contributed by atoms with Crippen molar-refractivity contribution in [3.8, 4) is 6.07 Å². The number of nitriles is 1. The molecule has 1 heterocycles. The maximum atomic E-state index is 12.5. The van der Waals surface area contributed by atoms with Gasteiger partial charge in [0.2, 0.25) is 5.91 Å². The number of aromatic nitrogens is 2. The molecule has 0 bridgehead atoms. The molecule has 1 N–H and O–H groups in total. The van der Waals surface area contributed by atoms with E-state index < -0.39 is 5.41 Å². The molecule has 5 nitrogen and oxygen atoms in total. The van der Waals surface area contributed by atoms with Gasteiger partial charge in [0.05, 0.1) is 11.8 Å². The second kappa shape index (κ2) is 6.75. The lowest BCUT2D eigenvalue weighted by Crippen LogP contribution is -2.39. The van der Waals surface area contributed by atoms with Crippen LogP contribution in [0.2, 0.25) is 0 Å². The first-order valence-corrected chi connectivity index (χ1v) is 7.82. The predicted octanol–water partition coefficient (Wildman–Crippen LogP) is 2.46. The van der Waals surface area contributed by atoms with Crippen LogP contribution in [0.4, 0.5) is 0 Å². The van der Waals surface area contributed by atoms with Crippen LogP contribution in [0, 0.1) is 16.7 Å². The lowest BCUT2D eigenvalue weighted by atomic mass is 9.81. The Labute approximate surface area is 126 Å². The number of amides is 1. The molecule has 1 aliphatic carbocycles. The van der Waals surface area contributed by atoms with Gasteiger partial charge in [0.15, 0.2) is 0 Å². The van der Waals surface area contributed by atoms with Gasteiger partial charge in [-0.25, -0.2) is 0 Å². The van der Waals surface area contributed by atoms with E-state index in [1.165, 1.54) is 0 Å².